The van der Waals surface area contributed by atoms with Gasteiger partial charge in [-0.15, -0.1) is 0 Å². The van der Waals surface area contributed by atoms with Crippen LogP contribution in [-0.2, 0) is 0 Å². The average Bonchev–Trinajstić information content (AvgIpc) is 2.45. The molecular weight excluding hydrogens is 250 g/mol. The SMILES string of the molecule is CCCNc1cnccc1C(=O)N1CCC(C)CC1C. The summed E-state index contributed by atoms with van der Waals surface area (Å²) in [6.45, 7) is 8.24. The summed E-state index contributed by atoms with van der Waals surface area (Å²) in [5.41, 5.74) is 1.60. The highest BCUT2D eigenvalue weighted by molar-refractivity contribution is 5.99. The first-order chi connectivity index (χ1) is 9.63. The number of amides is 1. The minimum absolute atomic E-state index is 0.130. The molecule has 110 valence electrons. The molecule has 2 heterocycles. The second-order valence-corrected chi connectivity index (χ2v) is 5.83. The normalized spacial score (nSPS) is 22.6. The van der Waals surface area contributed by atoms with Crippen LogP contribution in [-0.4, -0.2) is 34.9 Å². The predicted octanol–water partition coefficient (Wildman–Crippen LogP) is 3.16. The van der Waals surface area contributed by atoms with E-state index in [-0.39, 0.29) is 5.91 Å². The molecule has 1 amide bonds. The first-order valence-electron chi connectivity index (χ1n) is 7.62. The summed E-state index contributed by atoms with van der Waals surface area (Å²) in [5, 5.41) is 3.30. The Morgan fingerprint density at radius 1 is 1.50 bits per heavy atom. The Hall–Kier alpha value is -1.58. The van der Waals surface area contributed by atoms with Gasteiger partial charge < -0.3 is 10.2 Å². The number of rotatable bonds is 4. The molecule has 1 N–H and O–H groups in total. The standard InChI is InChI=1S/C16H25N3O/c1-4-7-18-15-11-17-8-5-14(15)16(20)19-9-6-12(2)10-13(19)3/h5,8,11-13,18H,4,6-7,9-10H2,1-3H3. The molecule has 4 nitrogen and oxygen atoms in total. The van der Waals surface area contributed by atoms with Crippen LogP contribution in [0.4, 0.5) is 5.69 Å². The monoisotopic (exact) mass is 275 g/mol. The quantitative estimate of drug-likeness (QED) is 0.918. The number of anilines is 1. The van der Waals surface area contributed by atoms with Crippen LogP contribution in [0.5, 0.6) is 0 Å². The molecule has 1 aliphatic heterocycles. The van der Waals surface area contributed by atoms with E-state index < -0.39 is 0 Å². The van der Waals surface area contributed by atoms with Gasteiger partial charge in [0.15, 0.2) is 0 Å². The minimum Gasteiger partial charge on any atom is -0.383 e. The van der Waals surface area contributed by atoms with Crippen LogP contribution in [0.25, 0.3) is 0 Å². The van der Waals surface area contributed by atoms with E-state index in [9.17, 15) is 4.79 Å². The first kappa shape index (κ1) is 14.8. The summed E-state index contributed by atoms with van der Waals surface area (Å²) in [7, 11) is 0. The lowest BCUT2D eigenvalue weighted by Gasteiger charge is -2.36. The van der Waals surface area contributed by atoms with Gasteiger partial charge in [-0.3, -0.25) is 9.78 Å². The molecule has 4 heteroatoms. The lowest BCUT2D eigenvalue weighted by molar-refractivity contribution is 0.0589. The Labute approximate surface area is 121 Å². The molecule has 20 heavy (non-hydrogen) atoms. The van der Waals surface area contributed by atoms with E-state index in [2.05, 4.69) is 31.1 Å². The third-order valence-corrected chi connectivity index (χ3v) is 4.02. The number of aromatic nitrogens is 1. The summed E-state index contributed by atoms with van der Waals surface area (Å²) in [6.07, 6.45) is 6.66. The summed E-state index contributed by atoms with van der Waals surface area (Å²) in [5.74, 6) is 0.842. The van der Waals surface area contributed by atoms with E-state index in [0.29, 0.717) is 12.0 Å². The third kappa shape index (κ3) is 3.30. The number of nitrogens with one attached hydrogen (secondary N) is 1. The Balaban J connectivity index is 2.16. The van der Waals surface area contributed by atoms with Crippen molar-refractivity contribution in [3.63, 3.8) is 0 Å². The van der Waals surface area contributed by atoms with Gasteiger partial charge in [-0.2, -0.15) is 0 Å². The molecule has 1 aromatic heterocycles. The molecule has 1 aromatic rings. The van der Waals surface area contributed by atoms with Crippen LogP contribution in [0.1, 0.15) is 50.4 Å². The van der Waals surface area contributed by atoms with Crippen LogP contribution in [0.15, 0.2) is 18.5 Å². The average molecular weight is 275 g/mol. The number of hydrogen-bond donors (Lipinski definition) is 1. The Kier molecular flexibility index (Phi) is 4.99. The molecule has 0 aliphatic carbocycles. The molecule has 2 unspecified atom stereocenters. The van der Waals surface area contributed by atoms with Crippen LogP contribution in [0.2, 0.25) is 0 Å². The van der Waals surface area contributed by atoms with Crippen molar-refractivity contribution in [2.24, 2.45) is 5.92 Å². The van der Waals surface area contributed by atoms with Gasteiger partial charge in [0, 0.05) is 25.3 Å². The fourth-order valence-corrected chi connectivity index (χ4v) is 2.85. The molecule has 2 rings (SSSR count). The molecule has 0 spiro atoms. The highest BCUT2D eigenvalue weighted by atomic mass is 16.2. The number of carbonyl (C=O) groups is 1. The van der Waals surface area contributed by atoms with E-state index in [4.69, 9.17) is 0 Å². The number of piperidine rings is 1. The van der Waals surface area contributed by atoms with E-state index in [1.165, 1.54) is 0 Å². The maximum atomic E-state index is 12.8. The summed E-state index contributed by atoms with van der Waals surface area (Å²) < 4.78 is 0. The van der Waals surface area contributed by atoms with Gasteiger partial charge in [0.25, 0.3) is 5.91 Å². The van der Waals surface area contributed by atoms with Crippen molar-refractivity contribution in [2.45, 2.75) is 46.1 Å². The number of likely N-dealkylation sites (tertiary alicyclic amines) is 1. The van der Waals surface area contributed by atoms with Crippen LogP contribution >= 0.6 is 0 Å². The van der Waals surface area contributed by atoms with Crippen molar-refractivity contribution in [3.8, 4) is 0 Å². The molecule has 1 aliphatic rings. The van der Waals surface area contributed by atoms with Gasteiger partial charge in [0.05, 0.1) is 17.4 Å². The molecule has 1 saturated heterocycles. The van der Waals surface area contributed by atoms with Crippen molar-refractivity contribution in [2.75, 3.05) is 18.4 Å². The summed E-state index contributed by atoms with van der Waals surface area (Å²) in [6, 6.07) is 2.14. The smallest absolute Gasteiger partial charge is 0.256 e. The highest BCUT2D eigenvalue weighted by Crippen LogP contribution is 2.25. The fraction of sp³-hybridized carbons (Fsp3) is 0.625. The van der Waals surface area contributed by atoms with Crippen molar-refractivity contribution >= 4 is 11.6 Å². The molecule has 2 atom stereocenters. The predicted molar refractivity (Wildman–Crippen MR) is 81.9 cm³/mol. The van der Waals surface area contributed by atoms with Crippen molar-refractivity contribution in [3.05, 3.63) is 24.0 Å². The second kappa shape index (κ2) is 6.73. The zero-order valence-electron chi connectivity index (χ0n) is 12.7. The minimum atomic E-state index is 0.130. The molecule has 0 bridgehead atoms. The second-order valence-electron chi connectivity index (χ2n) is 5.83. The Bertz CT molecular complexity index is 461. The lowest BCUT2D eigenvalue weighted by atomic mass is 9.93. The Morgan fingerprint density at radius 3 is 3.00 bits per heavy atom. The van der Waals surface area contributed by atoms with Crippen molar-refractivity contribution in [1.29, 1.82) is 0 Å². The molecule has 0 saturated carbocycles. The Morgan fingerprint density at radius 2 is 2.30 bits per heavy atom. The number of nitrogens with zero attached hydrogens (tertiary/aromatic N) is 2. The topological polar surface area (TPSA) is 45.2 Å². The van der Waals surface area contributed by atoms with E-state index in [0.717, 1.165) is 43.6 Å². The summed E-state index contributed by atoms with van der Waals surface area (Å²) >= 11 is 0. The van der Waals surface area contributed by atoms with Gasteiger partial charge >= 0.3 is 0 Å². The largest absolute Gasteiger partial charge is 0.383 e. The number of pyridine rings is 1. The zero-order chi connectivity index (χ0) is 14.5. The van der Waals surface area contributed by atoms with Gasteiger partial charge in [-0.25, -0.2) is 0 Å². The van der Waals surface area contributed by atoms with Gasteiger partial charge in [0.1, 0.15) is 0 Å². The van der Waals surface area contributed by atoms with Crippen LogP contribution < -0.4 is 5.32 Å². The lowest BCUT2D eigenvalue weighted by Crippen LogP contribution is -2.44. The zero-order valence-corrected chi connectivity index (χ0v) is 12.7. The highest BCUT2D eigenvalue weighted by Gasteiger charge is 2.28. The first-order valence-corrected chi connectivity index (χ1v) is 7.62. The molecule has 1 fully saturated rings. The summed E-state index contributed by atoms with van der Waals surface area (Å²) in [4.78, 5) is 18.9. The third-order valence-electron chi connectivity index (χ3n) is 4.02. The van der Waals surface area contributed by atoms with Crippen LogP contribution in [0, 0.1) is 5.92 Å². The van der Waals surface area contributed by atoms with Crippen molar-refractivity contribution < 1.29 is 4.79 Å². The fourth-order valence-electron chi connectivity index (χ4n) is 2.85. The van der Waals surface area contributed by atoms with Gasteiger partial charge in [0.2, 0.25) is 0 Å². The molecule has 0 radical (unpaired) electrons. The maximum absolute atomic E-state index is 12.8. The van der Waals surface area contributed by atoms with E-state index >= 15 is 0 Å². The van der Waals surface area contributed by atoms with E-state index in [1.54, 1.807) is 12.4 Å². The maximum Gasteiger partial charge on any atom is 0.256 e. The number of hydrogen-bond acceptors (Lipinski definition) is 3. The van der Waals surface area contributed by atoms with Gasteiger partial charge in [-0.05, 0) is 38.2 Å². The molecule has 0 aromatic carbocycles. The number of carbonyl (C=O) groups excluding carboxylic acids is 1. The van der Waals surface area contributed by atoms with Crippen LogP contribution in [0.3, 0.4) is 0 Å². The van der Waals surface area contributed by atoms with E-state index in [1.807, 2.05) is 11.0 Å². The van der Waals surface area contributed by atoms with Gasteiger partial charge in [-0.1, -0.05) is 13.8 Å². The molecular formula is C16H25N3O. The van der Waals surface area contributed by atoms with Crippen molar-refractivity contribution in [1.82, 2.24) is 9.88 Å².